The first-order chi connectivity index (χ1) is 5.33. The van der Waals surface area contributed by atoms with Crippen molar-refractivity contribution < 1.29 is 4.79 Å². The van der Waals surface area contributed by atoms with Crippen molar-refractivity contribution in [3.05, 3.63) is 28.5 Å². The van der Waals surface area contributed by atoms with Gasteiger partial charge in [0.1, 0.15) is 10.9 Å². The smallest absolute Gasteiger partial charge is 0.120 e. The molecular weight excluding hydrogens is 206 g/mol. The second-order valence-electron chi connectivity index (χ2n) is 2.16. The fourth-order valence-corrected chi connectivity index (χ4v) is 1.18. The van der Waals surface area contributed by atoms with Gasteiger partial charge in [-0.3, -0.25) is 0 Å². The molecule has 0 spiro atoms. The summed E-state index contributed by atoms with van der Waals surface area (Å²) in [6.45, 7) is 0. The van der Waals surface area contributed by atoms with Crippen molar-refractivity contribution >= 4 is 22.2 Å². The molecule has 0 aliphatic rings. The van der Waals surface area contributed by atoms with Crippen molar-refractivity contribution in [3.8, 4) is 0 Å². The number of carbonyl (C=O) groups is 1. The molecule has 0 atom stereocenters. The van der Waals surface area contributed by atoms with Gasteiger partial charge in [0.25, 0.3) is 0 Å². The van der Waals surface area contributed by atoms with E-state index in [-0.39, 0.29) is 0 Å². The van der Waals surface area contributed by atoms with E-state index in [1.165, 1.54) is 0 Å². The van der Waals surface area contributed by atoms with Gasteiger partial charge in [-0.05, 0) is 34.5 Å². The zero-order chi connectivity index (χ0) is 8.10. The van der Waals surface area contributed by atoms with Crippen molar-refractivity contribution in [3.63, 3.8) is 0 Å². The van der Waals surface area contributed by atoms with Gasteiger partial charge in [0.15, 0.2) is 0 Å². The second-order valence-corrected chi connectivity index (χ2v) is 2.97. The largest absolute Gasteiger partial charge is 0.303 e. The molecule has 0 aliphatic heterocycles. The number of hydrogen-bond donors (Lipinski definition) is 0. The summed E-state index contributed by atoms with van der Waals surface area (Å²) in [5.74, 6) is 0. The number of aryl methyl sites for hydroxylation is 1. The Balaban J connectivity index is 2.63. The molecular formula is C8H8BrNO. The lowest BCUT2D eigenvalue weighted by Gasteiger charge is -1.95. The maximum Gasteiger partial charge on any atom is 0.120 e. The van der Waals surface area contributed by atoms with Crippen LogP contribution in [0.5, 0.6) is 0 Å². The van der Waals surface area contributed by atoms with Crippen LogP contribution in [0.25, 0.3) is 0 Å². The van der Waals surface area contributed by atoms with Gasteiger partial charge in [0.05, 0.1) is 0 Å². The summed E-state index contributed by atoms with van der Waals surface area (Å²) in [5.41, 5.74) is 0.950. The molecule has 0 aliphatic carbocycles. The molecule has 0 amide bonds. The molecule has 0 N–H and O–H groups in total. The fourth-order valence-electron chi connectivity index (χ4n) is 0.796. The van der Waals surface area contributed by atoms with Crippen molar-refractivity contribution in [1.82, 2.24) is 4.98 Å². The number of aldehydes is 1. The monoisotopic (exact) mass is 213 g/mol. The first-order valence-electron chi connectivity index (χ1n) is 3.38. The van der Waals surface area contributed by atoms with E-state index >= 15 is 0 Å². The van der Waals surface area contributed by atoms with Crippen LogP contribution in [0.4, 0.5) is 0 Å². The van der Waals surface area contributed by atoms with Crippen LogP contribution in [0.3, 0.4) is 0 Å². The predicted octanol–water partition coefficient (Wildman–Crippen LogP) is 1.98. The van der Waals surface area contributed by atoms with Gasteiger partial charge in [0, 0.05) is 12.1 Å². The Bertz CT molecular complexity index is 250. The molecule has 1 rings (SSSR count). The topological polar surface area (TPSA) is 30.0 Å². The molecule has 2 nitrogen and oxygen atoms in total. The van der Waals surface area contributed by atoms with Gasteiger partial charge in [-0.2, -0.15) is 0 Å². The van der Waals surface area contributed by atoms with Gasteiger partial charge in [0.2, 0.25) is 0 Å². The van der Waals surface area contributed by atoms with Crippen molar-refractivity contribution in [2.24, 2.45) is 0 Å². The molecule has 1 aromatic heterocycles. The molecule has 0 saturated carbocycles. The first kappa shape index (κ1) is 8.40. The molecule has 0 radical (unpaired) electrons. The Kier molecular flexibility index (Phi) is 3.23. The molecule has 1 aromatic rings. The molecule has 0 aromatic carbocycles. The SMILES string of the molecule is O=CCCc1cccc(Br)n1. The van der Waals surface area contributed by atoms with E-state index in [0.717, 1.165) is 23.0 Å². The highest BCUT2D eigenvalue weighted by Gasteiger charge is 1.93. The Morgan fingerprint density at radius 3 is 3.00 bits per heavy atom. The summed E-state index contributed by atoms with van der Waals surface area (Å²) >= 11 is 3.25. The van der Waals surface area contributed by atoms with Crippen LogP contribution in [0.1, 0.15) is 12.1 Å². The fraction of sp³-hybridized carbons (Fsp3) is 0.250. The highest BCUT2D eigenvalue weighted by molar-refractivity contribution is 9.10. The third-order valence-electron chi connectivity index (χ3n) is 1.29. The van der Waals surface area contributed by atoms with Gasteiger partial charge in [-0.1, -0.05) is 6.07 Å². The van der Waals surface area contributed by atoms with Gasteiger partial charge in [-0.15, -0.1) is 0 Å². The maximum absolute atomic E-state index is 10.0. The van der Waals surface area contributed by atoms with Crippen LogP contribution in [0.2, 0.25) is 0 Å². The van der Waals surface area contributed by atoms with Gasteiger partial charge < -0.3 is 4.79 Å². The minimum absolute atomic E-state index is 0.545. The molecule has 0 bridgehead atoms. The van der Waals surface area contributed by atoms with Crippen molar-refractivity contribution in [2.75, 3.05) is 0 Å². The second kappa shape index (κ2) is 4.23. The van der Waals surface area contributed by atoms with Crippen LogP contribution < -0.4 is 0 Å². The predicted molar refractivity (Wildman–Crippen MR) is 46.3 cm³/mol. The molecule has 0 unspecified atom stereocenters. The van der Waals surface area contributed by atoms with Crippen molar-refractivity contribution in [2.45, 2.75) is 12.8 Å². The van der Waals surface area contributed by atoms with Crippen LogP contribution >= 0.6 is 15.9 Å². The number of halogens is 1. The van der Waals surface area contributed by atoms with E-state index in [1.807, 2.05) is 18.2 Å². The first-order valence-corrected chi connectivity index (χ1v) is 4.17. The zero-order valence-corrected chi connectivity index (χ0v) is 7.54. The average Bonchev–Trinajstić information content (AvgIpc) is 2.01. The Morgan fingerprint density at radius 2 is 2.36 bits per heavy atom. The quantitative estimate of drug-likeness (QED) is 0.568. The zero-order valence-electron chi connectivity index (χ0n) is 5.96. The highest BCUT2D eigenvalue weighted by Crippen LogP contribution is 2.06. The lowest BCUT2D eigenvalue weighted by molar-refractivity contribution is -0.107. The summed E-state index contributed by atoms with van der Waals surface area (Å²) in [5, 5.41) is 0. The maximum atomic E-state index is 10.0. The summed E-state index contributed by atoms with van der Waals surface area (Å²) in [4.78, 5) is 14.2. The normalized spacial score (nSPS) is 9.55. The van der Waals surface area contributed by atoms with Gasteiger partial charge in [-0.25, -0.2) is 4.98 Å². The molecule has 11 heavy (non-hydrogen) atoms. The van der Waals surface area contributed by atoms with E-state index in [1.54, 1.807) is 0 Å². The molecule has 3 heteroatoms. The minimum atomic E-state index is 0.545. The highest BCUT2D eigenvalue weighted by atomic mass is 79.9. The Hall–Kier alpha value is -0.700. The van der Waals surface area contributed by atoms with Crippen LogP contribution in [-0.2, 0) is 11.2 Å². The van der Waals surface area contributed by atoms with E-state index in [0.29, 0.717) is 6.42 Å². The third-order valence-corrected chi connectivity index (χ3v) is 1.73. The summed E-state index contributed by atoms with van der Waals surface area (Å²) in [6, 6.07) is 5.69. The summed E-state index contributed by atoms with van der Waals surface area (Å²) in [6.07, 6.45) is 2.18. The van der Waals surface area contributed by atoms with E-state index < -0.39 is 0 Å². The van der Waals surface area contributed by atoms with E-state index in [9.17, 15) is 4.79 Å². The average molecular weight is 214 g/mol. The minimum Gasteiger partial charge on any atom is -0.303 e. The third kappa shape index (κ3) is 2.80. The number of aromatic nitrogens is 1. The lowest BCUT2D eigenvalue weighted by atomic mass is 10.2. The lowest BCUT2D eigenvalue weighted by Crippen LogP contribution is -1.90. The van der Waals surface area contributed by atoms with Gasteiger partial charge >= 0.3 is 0 Å². The summed E-state index contributed by atoms with van der Waals surface area (Å²) < 4.78 is 0.820. The van der Waals surface area contributed by atoms with Crippen LogP contribution in [0, 0.1) is 0 Å². The Labute approximate surface area is 73.8 Å². The summed E-state index contributed by atoms with van der Waals surface area (Å²) in [7, 11) is 0. The molecule has 0 saturated heterocycles. The van der Waals surface area contributed by atoms with Crippen molar-refractivity contribution in [1.29, 1.82) is 0 Å². The van der Waals surface area contributed by atoms with Crippen LogP contribution in [-0.4, -0.2) is 11.3 Å². The molecule has 0 fully saturated rings. The number of hydrogen-bond acceptors (Lipinski definition) is 2. The van der Waals surface area contributed by atoms with Crippen LogP contribution in [0.15, 0.2) is 22.8 Å². The molecule has 58 valence electrons. The number of nitrogens with zero attached hydrogens (tertiary/aromatic N) is 1. The molecule has 1 heterocycles. The van der Waals surface area contributed by atoms with E-state index in [2.05, 4.69) is 20.9 Å². The standard InChI is InChI=1S/C8H8BrNO/c9-8-5-1-3-7(10-8)4-2-6-11/h1,3,5-6H,2,4H2. The number of rotatable bonds is 3. The number of carbonyl (C=O) groups excluding carboxylic acids is 1. The van der Waals surface area contributed by atoms with E-state index in [4.69, 9.17) is 0 Å². The number of pyridine rings is 1. The Morgan fingerprint density at radius 1 is 1.55 bits per heavy atom.